The predicted molar refractivity (Wildman–Crippen MR) is 55.0 cm³/mol. The number of hydrogen-bond donors (Lipinski definition) is 1. The lowest BCUT2D eigenvalue weighted by atomic mass is 10.0. The summed E-state index contributed by atoms with van der Waals surface area (Å²) in [5.74, 6) is -4.80. The van der Waals surface area contributed by atoms with Crippen LogP contribution in [-0.2, 0) is 0 Å². The zero-order valence-electron chi connectivity index (χ0n) is 9.86. The average molecular weight is 262 g/mol. The van der Waals surface area contributed by atoms with E-state index in [1.54, 1.807) is 0 Å². The Morgan fingerprint density at radius 1 is 0.941 bits per heavy atom. The highest BCUT2D eigenvalue weighted by Gasteiger charge is 2.57. The summed E-state index contributed by atoms with van der Waals surface area (Å²) in [5.41, 5.74) is 0. The molecule has 0 radical (unpaired) electrons. The lowest BCUT2D eigenvalue weighted by Gasteiger charge is -2.22. The largest absolute Gasteiger partial charge is 0.453 e. The topological polar surface area (TPSA) is 20.2 Å². The third kappa shape index (κ3) is 6.81. The van der Waals surface area contributed by atoms with Gasteiger partial charge in [0.05, 0.1) is 6.10 Å². The van der Waals surface area contributed by atoms with E-state index >= 15 is 0 Å². The molecule has 1 nitrogen and oxygen atoms in total. The van der Waals surface area contributed by atoms with Gasteiger partial charge in [-0.15, -0.1) is 0 Å². The number of unbranched alkanes of at least 4 members (excludes halogenated alkanes) is 4. The van der Waals surface area contributed by atoms with Gasteiger partial charge in [0, 0.05) is 6.42 Å². The van der Waals surface area contributed by atoms with Crippen LogP contribution in [-0.4, -0.2) is 23.3 Å². The van der Waals surface area contributed by atoms with Crippen LogP contribution in [0.25, 0.3) is 0 Å². The first-order valence-corrected chi connectivity index (χ1v) is 5.83. The van der Waals surface area contributed by atoms with Gasteiger partial charge in [0.1, 0.15) is 0 Å². The van der Waals surface area contributed by atoms with Crippen molar-refractivity contribution in [3.8, 4) is 0 Å². The molecule has 6 heteroatoms. The average Bonchev–Trinajstić information content (AvgIpc) is 2.14. The molecule has 0 aliphatic carbocycles. The van der Waals surface area contributed by atoms with Gasteiger partial charge in [0.2, 0.25) is 0 Å². The first-order valence-electron chi connectivity index (χ1n) is 5.83. The summed E-state index contributed by atoms with van der Waals surface area (Å²) in [6.07, 6.45) is -4.52. The Hall–Kier alpha value is -0.390. The molecule has 1 N–H and O–H groups in total. The summed E-state index contributed by atoms with van der Waals surface area (Å²) >= 11 is 0. The molecule has 0 aliphatic rings. The van der Waals surface area contributed by atoms with Crippen molar-refractivity contribution in [3.63, 3.8) is 0 Å². The van der Waals surface area contributed by atoms with Crippen LogP contribution < -0.4 is 0 Å². The second-order valence-corrected chi connectivity index (χ2v) is 4.26. The Morgan fingerprint density at radius 2 is 1.47 bits per heavy atom. The first kappa shape index (κ1) is 16.6. The summed E-state index contributed by atoms with van der Waals surface area (Å²) in [4.78, 5) is 0. The van der Waals surface area contributed by atoms with Gasteiger partial charge in [-0.25, -0.2) is 0 Å². The molecule has 0 aliphatic heterocycles. The number of alkyl halides is 5. The third-order valence-corrected chi connectivity index (χ3v) is 2.55. The van der Waals surface area contributed by atoms with Crippen molar-refractivity contribution in [2.24, 2.45) is 0 Å². The summed E-state index contributed by atoms with van der Waals surface area (Å²) in [6, 6.07) is 0. The van der Waals surface area contributed by atoms with E-state index in [4.69, 9.17) is 5.11 Å². The molecule has 0 spiro atoms. The van der Waals surface area contributed by atoms with Gasteiger partial charge in [-0.05, 0) is 6.42 Å². The van der Waals surface area contributed by atoms with Gasteiger partial charge in [-0.2, -0.15) is 22.0 Å². The molecule has 0 aromatic carbocycles. The quantitative estimate of drug-likeness (QED) is 0.511. The molecule has 0 amide bonds. The Labute approximate surface area is 98.0 Å². The molecule has 0 heterocycles. The monoisotopic (exact) mass is 262 g/mol. The molecule has 0 bridgehead atoms. The highest BCUT2D eigenvalue weighted by molar-refractivity contribution is 4.79. The molecule has 0 saturated heterocycles. The number of hydrogen-bond acceptors (Lipinski definition) is 1. The predicted octanol–water partition coefficient (Wildman–Crippen LogP) is 4.30. The molecule has 0 saturated carbocycles. The van der Waals surface area contributed by atoms with Crippen molar-refractivity contribution >= 4 is 0 Å². The Balaban J connectivity index is 3.82. The number of rotatable bonds is 8. The van der Waals surface area contributed by atoms with E-state index in [-0.39, 0.29) is 6.42 Å². The van der Waals surface area contributed by atoms with Crippen molar-refractivity contribution in [1.29, 1.82) is 0 Å². The van der Waals surface area contributed by atoms with Crippen LogP contribution in [0.15, 0.2) is 0 Å². The summed E-state index contributed by atoms with van der Waals surface area (Å²) < 4.78 is 60.5. The highest BCUT2D eigenvalue weighted by Crippen LogP contribution is 2.39. The van der Waals surface area contributed by atoms with E-state index in [9.17, 15) is 22.0 Å². The Morgan fingerprint density at radius 3 is 1.94 bits per heavy atom. The fourth-order valence-electron chi connectivity index (χ4n) is 1.50. The van der Waals surface area contributed by atoms with Gasteiger partial charge in [0.15, 0.2) is 0 Å². The molecule has 0 fully saturated rings. The lowest BCUT2D eigenvalue weighted by Crippen LogP contribution is -2.39. The SMILES string of the molecule is CCCCCCCC(O)CC(F)(F)C(F)(F)F. The highest BCUT2D eigenvalue weighted by atomic mass is 19.4. The fourth-order valence-corrected chi connectivity index (χ4v) is 1.50. The van der Waals surface area contributed by atoms with Crippen LogP contribution in [0.1, 0.15) is 51.9 Å². The van der Waals surface area contributed by atoms with Gasteiger partial charge in [0.25, 0.3) is 0 Å². The Bertz CT molecular complexity index is 203. The van der Waals surface area contributed by atoms with Crippen LogP contribution >= 0.6 is 0 Å². The van der Waals surface area contributed by atoms with Gasteiger partial charge in [-0.1, -0.05) is 39.0 Å². The molecule has 0 rings (SSSR count). The van der Waals surface area contributed by atoms with Gasteiger partial charge < -0.3 is 5.11 Å². The van der Waals surface area contributed by atoms with Crippen LogP contribution in [0.4, 0.5) is 22.0 Å². The van der Waals surface area contributed by atoms with E-state index in [1.165, 1.54) is 0 Å². The van der Waals surface area contributed by atoms with E-state index in [1.807, 2.05) is 6.92 Å². The van der Waals surface area contributed by atoms with Crippen LogP contribution in [0.3, 0.4) is 0 Å². The zero-order valence-corrected chi connectivity index (χ0v) is 9.86. The number of aliphatic hydroxyl groups is 1. The molecule has 17 heavy (non-hydrogen) atoms. The van der Waals surface area contributed by atoms with Crippen LogP contribution in [0.2, 0.25) is 0 Å². The normalized spacial score (nSPS) is 15.0. The van der Waals surface area contributed by atoms with Crippen molar-refractivity contribution < 1.29 is 27.1 Å². The second-order valence-electron chi connectivity index (χ2n) is 4.26. The molecule has 104 valence electrons. The lowest BCUT2D eigenvalue weighted by molar-refractivity contribution is -0.290. The van der Waals surface area contributed by atoms with E-state index in [0.29, 0.717) is 6.42 Å². The molecule has 0 aromatic heterocycles. The molecule has 1 unspecified atom stereocenters. The summed E-state index contributed by atoms with van der Waals surface area (Å²) in [7, 11) is 0. The minimum atomic E-state index is -5.57. The van der Waals surface area contributed by atoms with Crippen LogP contribution in [0.5, 0.6) is 0 Å². The zero-order chi connectivity index (χ0) is 13.5. The van der Waals surface area contributed by atoms with E-state index < -0.39 is 24.6 Å². The van der Waals surface area contributed by atoms with Crippen molar-refractivity contribution in [2.45, 2.75) is 70.1 Å². The maximum atomic E-state index is 12.5. The summed E-state index contributed by atoms with van der Waals surface area (Å²) in [6.45, 7) is 2.01. The molecular weight excluding hydrogens is 243 g/mol. The smallest absolute Gasteiger partial charge is 0.393 e. The van der Waals surface area contributed by atoms with Crippen molar-refractivity contribution in [3.05, 3.63) is 0 Å². The second kappa shape index (κ2) is 7.13. The fraction of sp³-hybridized carbons (Fsp3) is 1.00. The molecular formula is C11H19F5O. The van der Waals surface area contributed by atoms with E-state index in [2.05, 4.69) is 0 Å². The number of halogens is 5. The first-order chi connectivity index (χ1) is 7.70. The maximum absolute atomic E-state index is 12.5. The third-order valence-electron chi connectivity index (χ3n) is 2.55. The molecule has 0 aromatic rings. The Kier molecular flexibility index (Phi) is 6.97. The van der Waals surface area contributed by atoms with Gasteiger partial charge in [-0.3, -0.25) is 0 Å². The van der Waals surface area contributed by atoms with Crippen LogP contribution in [0, 0.1) is 0 Å². The summed E-state index contributed by atoms with van der Waals surface area (Å²) in [5, 5.41) is 9.12. The van der Waals surface area contributed by atoms with Crippen molar-refractivity contribution in [1.82, 2.24) is 0 Å². The maximum Gasteiger partial charge on any atom is 0.453 e. The standard InChI is InChI=1S/C11H19F5O/c1-2-3-4-5-6-7-9(17)8-10(12,13)11(14,15)16/h9,17H,2-8H2,1H3. The van der Waals surface area contributed by atoms with Gasteiger partial charge >= 0.3 is 12.1 Å². The van der Waals surface area contributed by atoms with E-state index in [0.717, 1.165) is 25.7 Å². The number of aliphatic hydroxyl groups excluding tert-OH is 1. The van der Waals surface area contributed by atoms with Crippen molar-refractivity contribution in [2.75, 3.05) is 0 Å². The minimum Gasteiger partial charge on any atom is -0.393 e. The minimum absolute atomic E-state index is 0.00458. The molecule has 1 atom stereocenters.